The van der Waals surface area contributed by atoms with Gasteiger partial charge in [0.15, 0.2) is 0 Å². The minimum atomic E-state index is -0.269. The summed E-state index contributed by atoms with van der Waals surface area (Å²) in [5.74, 6) is 0.622. The summed E-state index contributed by atoms with van der Waals surface area (Å²) in [4.78, 5) is 26.4. The molecule has 4 rings (SSSR count). The molecule has 3 heterocycles. The topological polar surface area (TPSA) is 51.5 Å². The molecule has 2 aliphatic rings. The molecule has 1 saturated heterocycles. The number of piperidine rings is 1. The lowest BCUT2D eigenvalue weighted by Crippen LogP contribution is -2.47. The normalized spacial score (nSPS) is 21.4. The van der Waals surface area contributed by atoms with E-state index in [0.29, 0.717) is 24.0 Å². The first-order chi connectivity index (χ1) is 12.2. The van der Waals surface area contributed by atoms with Gasteiger partial charge in [0.1, 0.15) is 6.61 Å². The average Bonchev–Trinajstić information content (AvgIpc) is 2.63. The predicted molar refractivity (Wildman–Crippen MR) is 105 cm³/mol. The molecule has 138 valence electrons. The van der Waals surface area contributed by atoms with Crippen LogP contribution in [0.1, 0.15) is 28.4 Å². The van der Waals surface area contributed by atoms with Crippen molar-refractivity contribution >= 4 is 23.0 Å². The van der Waals surface area contributed by atoms with Gasteiger partial charge in [-0.05, 0) is 30.5 Å². The number of benzene rings is 1. The Morgan fingerprint density at radius 1 is 1.04 bits per heavy atom. The van der Waals surface area contributed by atoms with Crippen LogP contribution in [0.5, 0.6) is 0 Å². The fourth-order valence-corrected chi connectivity index (χ4v) is 4.10. The maximum absolute atomic E-state index is 12.1. The van der Waals surface area contributed by atoms with Crippen molar-refractivity contribution in [3.63, 3.8) is 0 Å². The van der Waals surface area contributed by atoms with Gasteiger partial charge in [-0.1, -0.05) is 24.3 Å². The summed E-state index contributed by atoms with van der Waals surface area (Å²) in [6, 6.07) is 14.7. The van der Waals surface area contributed by atoms with Gasteiger partial charge in [-0.25, -0.2) is 4.79 Å². The first-order valence-electron chi connectivity index (χ1n) is 8.85. The van der Waals surface area contributed by atoms with Crippen LogP contribution >= 0.6 is 17.0 Å². The molecule has 0 unspecified atom stereocenters. The Kier molecular flexibility index (Phi) is 5.94. The zero-order valence-electron chi connectivity index (χ0n) is 14.5. The molecule has 5 nitrogen and oxygen atoms in total. The van der Waals surface area contributed by atoms with Gasteiger partial charge in [-0.15, -0.1) is 17.0 Å². The van der Waals surface area contributed by atoms with Gasteiger partial charge < -0.3 is 9.30 Å². The number of likely N-dealkylation sites (tertiary alicyclic amines) is 1. The lowest BCUT2D eigenvalue weighted by Gasteiger charge is -2.42. The van der Waals surface area contributed by atoms with Gasteiger partial charge >= 0.3 is 5.97 Å². The number of hydrogen-bond acceptors (Lipinski definition) is 4. The van der Waals surface area contributed by atoms with Gasteiger partial charge in [0.05, 0.1) is 5.56 Å². The summed E-state index contributed by atoms with van der Waals surface area (Å²) in [7, 11) is 0. The Hall–Kier alpha value is -1.92. The van der Waals surface area contributed by atoms with Crippen LogP contribution < -0.4 is 5.56 Å². The van der Waals surface area contributed by atoms with E-state index >= 15 is 0 Å². The quantitative estimate of drug-likeness (QED) is 0.716. The second kappa shape index (κ2) is 8.18. The van der Waals surface area contributed by atoms with Gasteiger partial charge in [-0.3, -0.25) is 9.69 Å². The second-order valence-corrected chi connectivity index (χ2v) is 6.96. The highest BCUT2D eigenvalue weighted by Crippen LogP contribution is 2.34. The van der Waals surface area contributed by atoms with Gasteiger partial charge in [0.2, 0.25) is 0 Å². The summed E-state index contributed by atoms with van der Waals surface area (Å²) in [6.45, 7) is 3.81. The van der Waals surface area contributed by atoms with E-state index in [-0.39, 0.29) is 28.5 Å². The van der Waals surface area contributed by atoms with E-state index in [1.54, 1.807) is 18.2 Å². The number of pyridine rings is 1. The summed E-state index contributed by atoms with van der Waals surface area (Å²) in [5.41, 5.74) is 1.85. The zero-order valence-corrected chi connectivity index (χ0v) is 16.3. The van der Waals surface area contributed by atoms with E-state index < -0.39 is 0 Å². The van der Waals surface area contributed by atoms with E-state index in [2.05, 4.69) is 11.0 Å². The molecule has 0 amide bonds. The average molecular weight is 419 g/mol. The van der Waals surface area contributed by atoms with Crippen molar-refractivity contribution in [1.82, 2.24) is 9.47 Å². The third-order valence-corrected chi connectivity index (χ3v) is 5.21. The molecule has 0 spiro atoms. The van der Waals surface area contributed by atoms with E-state index in [4.69, 9.17) is 4.74 Å². The lowest BCUT2D eigenvalue weighted by molar-refractivity contribution is 0.0403. The molecule has 2 bridgehead atoms. The number of halogens is 1. The van der Waals surface area contributed by atoms with Crippen molar-refractivity contribution < 1.29 is 9.53 Å². The van der Waals surface area contributed by atoms with Crippen molar-refractivity contribution in [1.29, 1.82) is 0 Å². The van der Waals surface area contributed by atoms with Crippen LogP contribution in [0.3, 0.4) is 0 Å². The van der Waals surface area contributed by atoms with Crippen LogP contribution in [0.4, 0.5) is 0 Å². The standard InChI is InChI=1S/C20H22N2O3.BrH/c23-19-8-4-7-18-17-11-15(13-22(18)19)12-21(14-17)9-10-25-20(24)16-5-2-1-3-6-16;/h1-8,15,17H,9-14H2;1H/t15-,17+;/m0./s1. The lowest BCUT2D eigenvalue weighted by atomic mass is 9.83. The van der Waals surface area contributed by atoms with Crippen molar-refractivity contribution in [3.8, 4) is 0 Å². The summed E-state index contributed by atoms with van der Waals surface area (Å²) >= 11 is 0. The Balaban J connectivity index is 0.00000196. The predicted octanol–water partition coefficient (Wildman–Crippen LogP) is 2.70. The summed E-state index contributed by atoms with van der Waals surface area (Å²) in [6.07, 6.45) is 1.14. The number of fused-ring (bicyclic) bond motifs is 4. The smallest absolute Gasteiger partial charge is 0.338 e. The highest BCUT2D eigenvalue weighted by molar-refractivity contribution is 8.93. The van der Waals surface area contributed by atoms with Crippen LogP contribution in [-0.2, 0) is 11.3 Å². The Morgan fingerprint density at radius 3 is 2.65 bits per heavy atom. The third-order valence-electron chi connectivity index (χ3n) is 5.21. The Morgan fingerprint density at radius 2 is 1.85 bits per heavy atom. The van der Waals surface area contributed by atoms with E-state index in [9.17, 15) is 9.59 Å². The third kappa shape index (κ3) is 3.91. The molecule has 0 aliphatic carbocycles. The first-order valence-corrected chi connectivity index (χ1v) is 8.85. The van der Waals surface area contributed by atoms with Crippen LogP contribution in [0.25, 0.3) is 0 Å². The molecular weight excluding hydrogens is 396 g/mol. The van der Waals surface area contributed by atoms with E-state index in [1.165, 1.54) is 0 Å². The number of ether oxygens (including phenoxy) is 1. The number of carbonyl (C=O) groups is 1. The molecular formula is C20H23BrN2O3. The van der Waals surface area contributed by atoms with Gasteiger partial charge in [0, 0.05) is 43.9 Å². The van der Waals surface area contributed by atoms with Crippen molar-refractivity contribution in [2.24, 2.45) is 5.92 Å². The fourth-order valence-electron chi connectivity index (χ4n) is 4.10. The molecule has 2 aliphatic heterocycles. The molecule has 6 heteroatoms. The Bertz CT molecular complexity index is 821. The molecule has 26 heavy (non-hydrogen) atoms. The number of nitrogens with zero attached hydrogens (tertiary/aromatic N) is 2. The second-order valence-electron chi connectivity index (χ2n) is 6.96. The minimum absolute atomic E-state index is 0. The number of rotatable bonds is 4. The Labute approximate surface area is 163 Å². The first kappa shape index (κ1) is 18.9. The molecule has 2 atom stereocenters. The highest BCUT2D eigenvalue weighted by Gasteiger charge is 2.34. The summed E-state index contributed by atoms with van der Waals surface area (Å²) in [5, 5.41) is 0. The monoisotopic (exact) mass is 418 g/mol. The summed E-state index contributed by atoms with van der Waals surface area (Å²) < 4.78 is 7.34. The molecule has 0 radical (unpaired) electrons. The van der Waals surface area contributed by atoms with Crippen molar-refractivity contribution in [2.45, 2.75) is 18.9 Å². The van der Waals surface area contributed by atoms with Crippen molar-refractivity contribution in [3.05, 3.63) is 70.1 Å². The fraction of sp³-hybridized carbons (Fsp3) is 0.400. The maximum atomic E-state index is 12.1. The molecule has 0 saturated carbocycles. The number of aromatic nitrogens is 1. The van der Waals surface area contributed by atoms with Gasteiger partial charge in [0.25, 0.3) is 5.56 Å². The van der Waals surface area contributed by atoms with Crippen LogP contribution in [0, 0.1) is 5.92 Å². The largest absolute Gasteiger partial charge is 0.461 e. The minimum Gasteiger partial charge on any atom is -0.461 e. The van der Waals surface area contributed by atoms with E-state index in [0.717, 1.165) is 38.3 Å². The number of carbonyl (C=O) groups excluding carboxylic acids is 1. The van der Waals surface area contributed by atoms with Crippen molar-refractivity contribution in [2.75, 3.05) is 26.2 Å². The van der Waals surface area contributed by atoms with E-state index in [1.807, 2.05) is 28.8 Å². The molecule has 0 N–H and O–H groups in total. The number of esters is 1. The molecule has 1 aromatic carbocycles. The van der Waals surface area contributed by atoms with Crippen LogP contribution in [0.15, 0.2) is 53.3 Å². The molecule has 1 fully saturated rings. The van der Waals surface area contributed by atoms with Gasteiger partial charge in [-0.2, -0.15) is 0 Å². The van der Waals surface area contributed by atoms with Crippen LogP contribution in [-0.4, -0.2) is 41.7 Å². The SMILES string of the molecule is Br.O=C(OCCN1C[C@@H]2C[C@H](C1)c1cccc(=O)n1C2)c1ccccc1. The maximum Gasteiger partial charge on any atom is 0.338 e. The molecule has 1 aromatic heterocycles. The zero-order chi connectivity index (χ0) is 17.2. The molecule has 2 aromatic rings. The number of hydrogen-bond donors (Lipinski definition) is 0. The highest BCUT2D eigenvalue weighted by atomic mass is 79.9. The van der Waals surface area contributed by atoms with Crippen LogP contribution in [0.2, 0.25) is 0 Å².